The number of benzene rings is 1. The summed E-state index contributed by atoms with van der Waals surface area (Å²) in [5.74, 6) is 0. The van der Waals surface area contributed by atoms with Gasteiger partial charge in [0.15, 0.2) is 0 Å². The molecule has 0 N–H and O–H groups in total. The Morgan fingerprint density at radius 1 is 1.44 bits per heavy atom. The van der Waals surface area contributed by atoms with Gasteiger partial charge in [0.05, 0.1) is 18.1 Å². The van der Waals surface area contributed by atoms with Crippen molar-refractivity contribution < 1.29 is 9.66 Å². The van der Waals surface area contributed by atoms with Crippen LogP contribution in [0.5, 0.6) is 0 Å². The molecule has 0 amide bonds. The van der Waals surface area contributed by atoms with E-state index in [4.69, 9.17) is 10.00 Å². The molecule has 94 valence electrons. The zero-order chi connectivity index (χ0) is 13.1. The zero-order valence-electron chi connectivity index (χ0n) is 10.0. The highest BCUT2D eigenvalue weighted by atomic mass is 16.6. The first-order valence-electron chi connectivity index (χ1n) is 5.65. The van der Waals surface area contributed by atoms with Crippen LogP contribution in [-0.4, -0.2) is 31.2 Å². The Bertz CT molecular complexity index is 516. The first-order chi connectivity index (χ1) is 8.63. The summed E-state index contributed by atoms with van der Waals surface area (Å²) in [6, 6.07) is 4.94. The molecule has 0 unspecified atom stereocenters. The van der Waals surface area contributed by atoms with E-state index in [1.165, 1.54) is 6.07 Å². The molecule has 0 atom stereocenters. The topological polar surface area (TPSA) is 79.4 Å². The molecule has 1 saturated heterocycles. The van der Waals surface area contributed by atoms with Crippen molar-refractivity contribution in [2.45, 2.75) is 6.92 Å². The number of morpholine rings is 1. The van der Waals surface area contributed by atoms with E-state index in [0.29, 0.717) is 13.2 Å². The van der Waals surface area contributed by atoms with E-state index < -0.39 is 4.92 Å². The highest BCUT2D eigenvalue weighted by molar-refractivity contribution is 5.64. The second-order valence-corrected chi connectivity index (χ2v) is 4.12. The lowest BCUT2D eigenvalue weighted by atomic mass is 10.1. The third-order valence-corrected chi connectivity index (χ3v) is 2.98. The van der Waals surface area contributed by atoms with Crippen molar-refractivity contribution in [3.8, 4) is 6.07 Å². The molecule has 0 aromatic heterocycles. The summed E-state index contributed by atoms with van der Waals surface area (Å²) in [7, 11) is 0. The average Bonchev–Trinajstić information content (AvgIpc) is 2.39. The Morgan fingerprint density at radius 3 is 2.67 bits per heavy atom. The lowest BCUT2D eigenvalue weighted by Crippen LogP contribution is -2.36. The van der Waals surface area contributed by atoms with Crippen LogP contribution >= 0.6 is 0 Å². The summed E-state index contributed by atoms with van der Waals surface area (Å²) in [5.41, 5.74) is 1.65. The van der Waals surface area contributed by atoms with Crippen molar-refractivity contribution in [3.63, 3.8) is 0 Å². The average molecular weight is 247 g/mol. The predicted molar refractivity (Wildman–Crippen MR) is 65.6 cm³/mol. The van der Waals surface area contributed by atoms with E-state index in [2.05, 4.69) is 4.90 Å². The zero-order valence-corrected chi connectivity index (χ0v) is 10.0. The second-order valence-electron chi connectivity index (χ2n) is 4.12. The monoisotopic (exact) mass is 247 g/mol. The second kappa shape index (κ2) is 5.02. The first kappa shape index (κ1) is 12.3. The highest BCUT2D eigenvalue weighted by Crippen LogP contribution is 2.29. The third-order valence-electron chi connectivity index (χ3n) is 2.98. The van der Waals surface area contributed by atoms with Crippen molar-refractivity contribution in [2.24, 2.45) is 0 Å². The van der Waals surface area contributed by atoms with Gasteiger partial charge >= 0.3 is 0 Å². The third kappa shape index (κ3) is 2.26. The van der Waals surface area contributed by atoms with E-state index in [-0.39, 0.29) is 11.3 Å². The Balaban J connectivity index is 2.43. The molecule has 1 aliphatic rings. The molecule has 1 fully saturated rings. The van der Waals surface area contributed by atoms with Crippen LogP contribution in [0, 0.1) is 28.4 Å². The number of anilines is 1. The maximum Gasteiger partial charge on any atom is 0.287 e. The van der Waals surface area contributed by atoms with E-state index >= 15 is 0 Å². The predicted octanol–water partition coefficient (Wildman–Crippen LogP) is 1.61. The van der Waals surface area contributed by atoms with Crippen molar-refractivity contribution in [2.75, 3.05) is 31.2 Å². The minimum atomic E-state index is -0.519. The number of rotatable bonds is 2. The van der Waals surface area contributed by atoms with Crippen LogP contribution in [0.15, 0.2) is 12.1 Å². The molecule has 0 radical (unpaired) electrons. The highest BCUT2D eigenvalue weighted by Gasteiger charge is 2.20. The van der Waals surface area contributed by atoms with Gasteiger partial charge in [-0.25, -0.2) is 0 Å². The summed E-state index contributed by atoms with van der Waals surface area (Å²) in [4.78, 5) is 12.4. The van der Waals surface area contributed by atoms with E-state index in [1.54, 1.807) is 6.07 Å². The molecule has 1 aromatic rings. The number of ether oxygens (including phenoxy) is 1. The smallest absolute Gasteiger partial charge is 0.287 e. The number of nitriles is 1. The van der Waals surface area contributed by atoms with Crippen molar-refractivity contribution in [3.05, 3.63) is 33.4 Å². The number of nitro groups is 1. The SMILES string of the molecule is Cc1cc([N+](=O)[O-])c(C#N)cc1N1CCOCC1. The van der Waals surface area contributed by atoms with Gasteiger partial charge in [-0.15, -0.1) is 0 Å². The van der Waals surface area contributed by atoms with Gasteiger partial charge in [-0.2, -0.15) is 5.26 Å². The molecule has 2 rings (SSSR count). The van der Waals surface area contributed by atoms with Gasteiger partial charge in [-0.05, 0) is 18.6 Å². The standard InChI is InChI=1S/C12H13N3O3/c1-9-6-12(15(16)17)10(8-13)7-11(9)14-2-4-18-5-3-14/h6-7H,2-5H2,1H3. The summed E-state index contributed by atoms with van der Waals surface area (Å²) >= 11 is 0. The molecule has 0 aliphatic carbocycles. The maximum atomic E-state index is 10.8. The summed E-state index contributed by atoms with van der Waals surface area (Å²) in [6.07, 6.45) is 0. The van der Waals surface area contributed by atoms with Gasteiger partial charge in [-0.3, -0.25) is 10.1 Å². The maximum absolute atomic E-state index is 10.8. The minimum absolute atomic E-state index is 0.104. The van der Waals surface area contributed by atoms with Gasteiger partial charge < -0.3 is 9.64 Å². The van der Waals surface area contributed by atoms with E-state index in [0.717, 1.165) is 24.3 Å². The van der Waals surface area contributed by atoms with Crippen molar-refractivity contribution in [1.82, 2.24) is 0 Å². The fourth-order valence-electron chi connectivity index (χ4n) is 2.07. The Hall–Kier alpha value is -2.13. The minimum Gasteiger partial charge on any atom is -0.378 e. The number of nitro benzene ring substituents is 1. The molecule has 0 spiro atoms. The number of nitrogens with zero attached hydrogens (tertiary/aromatic N) is 3. The lowest BCUT2D eigenvalue weighted by Gasteiger charge is -2.30. The van der Waals surface area contributed by atoms with Gasteiger partial charge in [0.25, 0.3) is 5.69 Å². The summed E-state index contributed by atoms with van der Waals surface area (Å²) in [6.45, 7) is 4.57. The van der Waals surface area contributed by atoms with E-state index in [1.807, 2.05) is 13.0 Å². The molecule has 1 heterocycles. The molecule has 18 heavy (non-hydrogen) atoms. The number of hydrogen-bond donors (Lipinski definition) is 0. The van der Waals surface area contributed by atoms with Crippen molar-refractivity contribution >= 4 is 11.4 Å². The van der Waals surface area contributed by atoms with Crippen LogP contribution < -0.4 is 4.90 Å². The molecule has 0 bridgehead atoms. The number of hydrogen-bond acceptors (Lipinski definition) is 5. The van der Waals surface area contributed by atoms with Crippen LogP contribution in [-0.2, 0) is 4.74 Å². The normalized spacial score (nSPS) is 15.2. The molecule has 1 aliphatic heterocycles. The molecular weight excluding hydrogens is 234 g/mol. The quantitative estimate of drug-likeness (QED) is 0.586. The van der Waals surface area contributed by atoms with Crippen LogP contribution in [0.2, 0.25) is 0 Å². The summed E-state index contributed by atoms with van der Waals surface area (Å²) in [5, 5.41) is 19.8. The van der Waals surface area contributed by atoms with Crippen LogP contribution in [0.3, 0.4) is 0 Å². The van der Waals surface area contributed by atoms with E-state index in [9.17, 15) is 10.1 Å². The number of aryl methyl sites for hydroxylation is 1. The molecular formula is C12H13N3O3. The molecule has 6 nitrogen and oxygen atoms in total. The Kier molecular flexibility index (Phi) is 3.44. The largest absolute Gasteiger partial charge is 0.378 e. The van der Waals surface area contributed by atoms with Crippen LogP contribution in [0.25, 0.3) is 0 Å². The molecule has 1 aromatic carbocycles. The summed E-state index contributed by atoms with van der Waals surface area (Å²) < 4.78 is 5.26. The van der Waals surface area contributed by atoms with Crippen LogP contribution in [0.4, 0.5) is 11.4 Å². The lowest BCUT2D eigenvalue weighted by molar-refractivity contribution is -0.385. The Labute approximate surface area is 105 Å². The van der Waals surface area contributed by atoms with Gasteiger partial charge in [0, 0.05) is 24.8 Å². The van der Waals surface area contributed by atoms with Crippen LogP contribution in [0.1, 0.15) is 11.1 Å². The fraction of sp³-hybridized carbons (Fsp3) is 0.417. The van der Waals surface area contributed by atoms with Gasteiger partial charge in [0.1, 0.15) is 11.6 Å². The first-order valence-corrected chi connectivity index (χ1v) is 5.65. The molecule has 0 saturated carbocycles. The molecule has 6 heteroatoms. The Morgan fingerprint density at radius 2 is 2.11 bits per heavy atom. The fourth-order valence-corrected chi connectivity index (χ4v) is 2.07. The van der Waals surface area contributed by atoms with Crippen molar-refractivity contribution in [1.29, 1.82) is 5.26 Å². The van der Waals surface area contributed by atoms with Gasteiger partial charge in [-0.1, -0.05) is 0 Å². The van der Waals surface area contributed by atoms with Gasteiger partial charge in [0.2, 0.25) is 0 Å².